The minimum atomic E-state index is -0.0246. The maximum Gasteiger partial charge on any atom is 0.0543 e. The van der Waals surface area contributed by atoms with Crippen LogP contribution in [0.3, 0.4) is 0 Å². The van der Waals surface area contributed by atoms with Gasteiger partial charge >= 0.3 is 0 Å². The molecule has 4 saturated carbocycles. The normalized spacial score (nSPS) is 50.7. The zero-order valence-corrected chi connectivity index (χ0v) is 20.4. The number of rotatable bonds is 5. The van der Waals surface area contributed by atoms with E-state index in [0.717, 1.165) is 60.2 Å². The molecule has 1 heteroatoms. The predicted octanol–water partition coefficient (Wildman–Crippen LogP) is 7.71. The van der Waals surface area contributed by atoms with Crippen molar-refractivity contribution in [3.63, 3.8) is 0 Å². The van der Waals surface area contributed by atoms with Crippen LogP contribution >= 0.6 is 0 Å². The zero-order chi connectivity index (χ0) is 21.0. The molecule has 0 bridgehead atoms. The highest BCUT2D eigenvalue weighted by molar-refractivity contribution is 5.10. The Hall–Kier alpha value is -0.0400. The Balaban J connectivity index is 1.50. The molecular formula is C28H50O. The van der Waals surface area contributed by atoms with Crippen LogP contribution in [-0.2, 0) is 0 Å². The number of hydrogen-bond donors (Lipinski definition) is 1. The van der Waals surface area contributed by atoms with Crippen LogP contribution in [0.2, 0.25) is 0 Å². The van der Waals surface area contributed by atoms with Crippen LogP contribution in [0.15, 0.2) is 0 Å². The van der Waals surface area contributed by atoms with Crippen LogP contribution in [0.4, 0.5) is 0 Å². The first-order valence-electron chi connectivity index (χ1n) is 13.3. The van der Waals surface area contributed by atoms with Crippen molar-refractivity contribution < 1.29 is 5.11 Å². The first kappa shape index (κ1) is 22.2. The second-order valence-corrected chi connectivity index (χ2v) is 13.2. The van der Waals surface area contributed by atoms with Gasteiger partial charge in [0.05, 0.1) is 6.10 Å². The van der Waals surface area contributed by atoms with Gasteiger partial charge in [-0.25, -0.2) is 0 Å². The number of aliphatic hydroxyl groups is 1. The lowest BCUT2D eigenvalue weighted by Gasteiger charge is -2.63. The maximum atomic E-state index is 10.4. The molecule has 168 valence electrons. The third kappa shape index (κ3) is 3.74. The van der Waals surface area contributed by atoms with Crippen LogP contribution in [0.25, 0.3) is 0 Å². The summed E-state index contributed by atoms with van der Waals surface area (Å²) in [6, 6.07) is 0. The van der Waals surface area contributed by atoms with E-state index < -0.39 is 0 Å². The fraction of sp³-hybridized carbons (Fsp3) is 1.00. The second-order valence-electron chi connectivity index (χ2n) is 13.2. The molecule has 0 aromatic carbocycles. The van der Waals surface area contributed by atoms with Gasteiger partial charge in [-0.3, -0.25) is 0 Å². The standard InChI is InChI=1S/C28H50O/c1-18(2)8-7-9-19(3)23-10-11-24-22-16-20(4)26-17-21(29)12-14-28(26,6)25(22)13-15-27(23,24)5/h18-26,29H,7-17H2,1-6H3/t19-,20-,21+,22+,23-,24+,25+,26-,27-,28-/m1/s1. The van der Waals surface area contributed by atoms with Crippen molar-refractivity contribution in [2.75, 3.05) is 0 Å². The summed E-state index contributed by atoms with van der Waals surface area (Å²) in [4.78, 5) is 0. The molecule has 1 N–H and O–H groups in total. The van der Waals surface area contributed by atoms with Gasteiger partial charge in [-0.1, -0.05) is 60.8 Å². The average Bonchev–Trinajstić information content (AvgIpc) is 3.00. The molecule has 4 aliphatic carbocycles. The van der Waals surface area contributed by atoms with Crippen molar-refractivity contribution in [2.24, 2.45) is 58.2 Å². The molecule has 1 nitrogen and oxygen atoms in total. The van der Waals surface area contributed by atoms with Crippen molar-refractivity contribution in [3.8, 4) is 0 Å². The van der Waals surface area contributed by atoms with Crippen molar-refractivity contribution in [1.82, 2.24) is 0 Å². The van der Waals surface area contributed by atoms with E-state index in [0.29, 0.717) is 10.8 Å². The lowest BCUT2D eigenvalue weighted by Crippen LogP contribution is -2.56. The SMILES string of the molecule is CC(C)CCC[C@@H](C)[C@H]1CC[C@H]2[C@@H]3C[C@@H](C)[C@H]4C[C@@H](O)CC[C@]4(C)[C@H]3CC[C@]12C. The minimum absolute atomic E-state index is 0.0246. The van der Waals surface area contributed by atoms with Crippen molar-refractivity contribution in [2.45, 2.75) is 118 Å². The third-order valence-corrected chi connectivity index (χ3v) is 11.2. The van der Waals surface area contributed by atoms with Crippen LogP contribution in [0.1, 0.15) is 112 Å². The van der Waals surface area contributed by atoms with Gasteiger partial charge in [0.15, 0.2) is 0 Å². The highest BCUT2D eigenvalue weighted by Gasteiger charge is 2.61. The molecule has 0 radical (unpaired) electrons. The van der Waals surface area contributed by atoms with Gasteiger partial charge in [0.25, 0.3) is 0 Å². The summed E-state index contributed by atoms with van der Waals surface area (Å²) in [7, 11) is 0. The Morgan fingerprint density at radius 3 is 2.24 bits per heavy atom. The van der Waals surface area contributed by atoms with E-state index in [1.807, 2.05) is 0 Å². The summed E-state index contributed by atoms with van der Waals surface area (Å²) < 4.78 is 0. The maximum absolute atomic E-state index is 10.4. The van der Waals surface area contributed by atoms with Crippen LogP contribution in [0, 0.1) is 58.2 Å². The van der Waals surface area contributed by atoms with Gasteiger partial charge in [0.1, 0.15) is 0 Å². The van der Waals surface area contributed by atoms with Crippen LogP contribution in [0.5, 0.6) is 0 Å². The molecule has 0 amide bonds. The molecule has 0 heterocycles. The first-order chi connectivity index (χ1) is 13.7. The molecule has 0 unspecified atom stereocenters. The third-order valence-electron chi connectivity index (χ3n) is 11.2. The van der Waals surface area contributed by atoms with E-state index in [9.17, 15) is 5.11 Å². The largest absolute Gasteiger partial charge is 0.393 e. The monoisotopic (exact) mass is 402 g/mol. The Morgan fingerprint density at radius 1 is 0.828 bits per heavy atom. The summed E-state index contributed by atoms with van der Waals surface area (Å²) in [6.45, 7) is 15.2. The minimum Gasteiger partial charge on any atom is -0.393 e. The molecule has 0 aliphatic heterocycles. The van der Waals surface area contributed by atoms with Gasteiger partial charge < -0.3 is 5.11 Å². The molecule has 4 fully saturated rings. The highest BCUT2D eigenvalue weighted by atomic mass is 16.3. The molecule has 4 aliphatic rings. The number of aliphatic hydroxyl groups excluding tert-OH is 1. The van der Waals surface area contributed by atoms with Gasteiger partial charge in [-0.05, 0) is 110 Å². The van der Waals surface area contributed by atoms with E-state index in [1.165, 1.54) is 57.8 Å². The van der Waals surface area contributed by atoms with Crippen LogP contribution < -0.4 is 0 Å². The van der Waals surface area contributed by atoms with Gasteiger partial charge in [0.2, 0.25) is 0 Å². The molecule has 0 saturated heterocycles. The second kappa shape index (κ2) is 8.14. The lowest BCUT2D eigenvalue weighted by atomic mass is 9.42. The Labute approximate surface area is 181 Å². The fourth-order valence-corrected chi connectivity index (χ4v) is 9.74. The van der Waals surface area contributed by atoms with E-state index in [2.05, 4.69) is 41.5 Å². The van der Waals surface area contributed by atoms with E-state index in [-0.39, 0.29) is 6.10 Å². The van der Waals surface area contributed by atoms with Gasteiger partial charge in [0, 0.05) is 0 Å². The number of hydrogen-bond acceptors (Lipinski definition) is 1. The van der Waals surface area contributed by atoms with Crippen molar-refractivity contribution in [3.05, 3.63) is 0 Å². The van der Waals surface area contributed by atoms with Gasteiger partial charge in [-0.15, -0.1) is 0 Å². The molecule has 29 heavy (non-hydrogen) atoms. The van der Waals surface area contributed by atoms with E-state index in [4.69, 9.17) is 0 Å². The summed E-state index contributed by atoms with van der Waals surface area (Å²) in [6.07, 6.45) is 15.1. The topological polar surface area (TPSA) is 20.2 Å². The average molecular weight is 403 g/mol. The quantitative estimate of drug-likeness (QED) is 0.499. The fourth-order valence-electron chi connectivity index (χ4n) is 9.74. The molecule has 0 aromatic heterocycles. The summed E-state index contributed by atoms with van der Waals surface area (Å²) in [5.41, 5.74) is 1.11. The molecule has 4 rings (SSSR count). The first-order valence-corrected chi connectivity index (χ1v) is 13.3. The van der Waals surface area contributed by atoms with E-state index >= 15 is 0 Å². The molecule has 0 aromatic rings. The summed E-state index contributed by atoms with van der Waals surface area (Å²) in [5.74, 6) is 7.19. The van der Waals surface area contributed by atoms with Crippen molar-refractivity contribution in [1.29, 1.82) is 0 Å². The summed E-state index contributed by atoms with van der Waals surface area (Å²) >= 11 is 0. The molecule has 10 atom stereocenters. The molecule has 0 spiro atoms. The number of fused-ring (bicyclic) bond motifs is 5. The van der Waals surface area contributed by atoms with Crippen LogP contribution in [-0.4, -0.2) is 11.2 Å². The molecular weight excluding hydrogens is 352 g/mol. The van der Waals surface area contributed by atoms with Crippen molar-refractivity contribution >= 4 is 0 Å². The summed E-state index contributed by atoms with van der Waals surface area (Å²) in [5, 5.41) is 10.4. The van der Waals surface area contributed by atoms with Gasteiger partial charge in [-0.2, -0.15) is 0 Å². The Bertz CT molecular complexity index is 569. The zero-order valence-electron chi connectivity index (χ0n) is 20.4. The van der Waals surface area contributed by atoms with E-state index in [1.54, 1.807) is 0 Å². The highest BCUT2D eigenvalue weighted by Crippen LogP contribution is 2.69. The smallest absolute Gasteiger partial charge is 0.0543 e. The Kier molecular flexibility index (Phi) is 6.22. The predicted molar refractivity (Wildman–Crippen MR) is 124 cm³/mol. The Morgan fingerprint density at radius 2 is 1.52 bits per heavy atom. The lowest BCUT2D eigenvalue weighted by molar-refractivity contribution is -0.149.